The molecule has 2 aliphatic rings. The first-order chi connectivity index (χ1) is 14.6. The third-order valence-corrected chi connectivity index (χ3v) is 5.75. The molecule has 2 atom stereocenters. The number of rotatable bonds is 6. The summed E-state index contributed by atoms with van der Waals surface area (Å²) in [5.74, 6) is 1.66. The minimum Gasteiger partial charge on any atom is -0.496 e. The van der Waals surface area contributed by atoms with E-state index in [1.165, 1.54) is 0 Å². The second kappa shape index (κ2) is 8.65. The summed E-state index contributed by atoms with van der Waals surface area (Å²) in [4.78, 5) is 27.3. The predicted molar refractivity (Wildman–Crippen MR) is 111 cm³/mol. The number of hydrogen-bond acceptors (Lipinski definition) is 5. The van der Waals surface area contributed by atoms with Gasteiger partial charge in [-0.2, -0.15) is 0 Å². The van der Waals surface area contributed by atoms with Crippen molar-refractivity contribution < 1.29 is 23.8 Å². The van der Waals surface area contributed by atoms with Crippen molar-refractivity contribution >= 4 is 11.8 Å². The fourth-order valence-electron chi connectivity index (χ4n) is 4.16. The van der Waals surface area contributed by atoms with Crippen LogP contribution in [0, 0.1) is 5.92 Å². The average Bonchev–Trinajstić information content (AvgIpc) is 3.43. The molecule has 1 fully saturated rings. The normalized spacial score (nSPS) is 19.6. The van der Waals surface area contributed by atoms with E-state index in [1.54, 1.807) is 12.0 Å². The number of ether oxygens (including phenoxy) is 3. The molecule has 0 radical (unpaired) electrons. The van der Waals surface area contributed by atoms with Crippen molar-refractivity contribution in [2.24, 2.45) is 5.92 Å². The number of carbonyl (C=O) groups is 2. The first kappa shape index (κ1) is 20.1. The zero-order valence-corrected chi connectivity index (χ0v) is 17.2. The molecule has 2 aromatic carbocycles. The highest BCUT2D eigenvalue weighted by Crippen LogP contribution is 2.38. The first-order valence-electron chi connectivity index (χ1n) is 10.2. The van der Waals surface area contributed by atoms with E-state index in [2.05, 4.69) is 5.32 Å². The van der Waals surface area contributed by atoms with Crippen LogP contribution in [0.4, 0.5) is 0 Å². The SMILES string of the molecule is CCC(=O)N1CC(C(=O)NCc2ccc3c(c2)OCO3)C(c2ccccc2OC)C1. The monoisotopic (exact) mass is 410 g/mol. The van der Waals surface area contributed by atoms with E-state index in [-0.39, 0.29) is 30.4 Å². The Morgan fingerprint density at radius 3 is 2.73 bits per heavy atom. The summed E-state index contributed by atoms with van der Waals surface area (Å²) in [6.45, 7) is 3.35. The van der Waals surface area contributed by atoms with Gasteiger partial charge in [-0.3, -0.25) is 9.59 Å². The van der Waals surface area contributed by atoms with Crippen LogP contribution < -0.4 is 19.5 Å². The van der Waals surface area contributed by atoms with Crippen molar-refractivity contribution in [1.29, 1.82) is 0 Å². The van der Waals surface area contributed by atoms with Crippen molar-refractivity contribution in [3.05, 3.63) is 53.6 Å². The van der Waals surface area contributed by atoms with Crippen LogP contribution in [0.15, 0.2) is 42.5 Å². The highest BCUT2D eigenvalue weighted by atomic mass is 16.7. The molecule has 0 saturated carbocycles. The lowest BCUT2D eigenvalue weighted by Gasteiger charge is -2.20. The zero-order valence-electron chi connectivity index (χ0n) is 17.2. The number of benzene rings is 2. The molecule has 2 heterocycles. The van der Waals surface area contributed by atoms with Crippen LogP contribution in [0.1, 0.15) is 30.4 Å². The van der Waals surface area contributed by atoms with Crippen LogP contribution in [0.5, 0.6) is 17.2 Å². The zero-order chi connectivity index (χ0) is 21.1. The number of nitrogens with one attached hydrogen (secondary N) is 1. The van der Waals surface area contributed by atoms with Gasteiger partial charge in [-0.1, -0.05) is 31.2 Å². The summed E-state index contributed by atoms with van der Waals surface area (Å²) < 4.78 is 16.3. The minimum atomic E-state index is -0.342. The maximum atomic E-state index is 13.1. The Morgan fingerprint density at radius 1 is 1.13 bits per heavy atom. The van der Waals surface area contributed by atoms with E-state index < -0.39 is 0 Å². The average molecular weight is 410 g/mol. The highest BCUT2D eigenvalue weighted by Gasteiger charge is 2.41. The lowest BCUT2D eigenvalue weighted by Crippen LogP contribution is -2.35. The summed E-state index contributed by atoms with van der Waals surface area (Å²) in [6, 6.07) is 13.3. The van der Waals surface area contributed by atoms with Crippen LogP contribution in [0.2, 0.25) is 0 Å². The van der Waals surface area contributed by atoms with Gasteiger partial charge >= 0.3 is 0 Å². The van der Waals surface area contributed by atoms with Crippen LogP contribution in [-0.2, 0) is 16.1 Å². The third-order valence-electron chi connectivity index (χ3n) is 5.75. The number of carbonyl (C=O) groups excluding carboxylic acids is 2. The van der Waals surface area contributed by atoms with Crippen molar-refractivity contribution in [3.63, 3.8) is 0 Å². The molecule has 0 spiro atoms. The van der Waals surface area contributed by atoms with Gasteiger partial charge in [0, 0.05) is 32.0 Å². The number of fused-ring (bicyclic) bond motifs is 1. The quantitative estimate of drug-likeness (QED) is 0.792. The molecule has 2 aliphatic heterocycles. The Hall–Kier alpha value is -3.22. The van der Waals surface area contributed by atoms with Crippen LogP contribution >= 0.6 is 0 Å². The predicted octanol–water partition coefficient (Wildman–Crippen LogP) is 2.69. The van der Waals surface area contributed by atoms with Crippen molar-refractivity contribution in [3.8, 4) is 17.2 Å². The molecule has 2 unspecified atom stereocenters. The van der Waals surface area contributed by atoms with Gasteiger partial charge in [-0.05, 0) is 29.3 Å². The molecule has 0 bridgehead atoms. The Morgan fingerprint density at radius 2 is 1.93 bits per heavy atom. The maximum absolute atomic E-state index is 13.1. The summed E-state index contributed by atoms with van der Waals surface area (Å²) in [7, 11) is 1.62. The van der Waals surface area contributed by atoms with E-state index in [0.29, 0.717) is 37.6 Å². The fraction of sp³-hybridized carbons (Fsp3) is 0.391. The Bertz CT molecular complexity index is 945. The molecule has 30 heavy (non-hydrogen) atoms. The van der Waals surface area contributed by atoms with Gasteiger partial charge in [0.15, 0.2) is 11.5 Å². The molecule has 1 saturated heterocycles. The topological polar surface area (TPSA) is 77.1 Å². The number of methoxy groups -OCH3 is 1. The van der Waals surface area contributed by atoms with Gasteiger partial charge in [0.05, 0.1) is 13.0 Å². The lowest BCUT2D eigenvalue weighted by molar-refractivity contribution is -0.130. The number of nitrogens with zero attached hydrogens (tertiary/aromatic N) is 1. The van der Waals surface area contributed by atoms with Crippen molar-refractivity contribution in [2.45, 2.75) is 25.8 Å². The molecule has 158 valence electrons. The second-order valence-electron chi connectivity index (χ2n) is 7.51. The molecule has 7 nitrogen and oxygen atoms in total. The van der Waals surface area contributed by atoms with Gasteiger partial charge in [0.2, 0.25) is 18.6 Å². The van der Waals surface area contributed by atoms with E-state index in [1.807, 2.05) is 49.4 Å². The molecule has 0 aromatic heterocycles. The van der Waals surface area contributed by atoms with Gasteiger partial charge in [0.25, 0.3) is 0 Å². The fourth-order valence-corrected chi connectivity index (χ4v) is 4.16. The first-order valence-corrected chi connectivity index (χ1v) is 10.2. The summed E-state index contributed by atoms with van der Waals surface area (Å²) in [6.07, 6.45) is 0.421. The molecule has 7 heteroatoms. The van der Waals surface area contributed by atoms with Gasteiger partial charge in [-0.15, -0.1) is 0 Å². The third kappa shape index (κ3) is 3.92. The highest BCUT2D eigenvalue weighted by molar-refractivity contribution is 5.83. The number of amides is 2. The Labute approximate surface area is 175 Å². The summed E-state index contributed by atoms with van der Waals surface area (Å²) >= 11 is 0. The largest absolute Gasteiger partial charge is 0.496 e. The van der Waals surface area contributed by atoms with Crippen LogP contribution in [-0.4, -0.2) is 43.7 Å². The van der Waals surface area contributed by atoms with E-state index in [0.717, 1.165) is 16.9 Å². The molecule has 2 aromatic rings. The number of hydrogen-bond donors (Lipinski definition) is 1. The lowest BCUT2D eigenvalue weighted by atomic mass is 9.87. The van der Waals surface area contributed by atoms with Crippen molar-refractivity contribution in [2.75, 3.05) is 27.0 Å². The van der Waals surface area contributed by atoms with Crippen molar-refractivity contribution in [1.82, 2.24) is 10.2 Å². The number of para-hydroxylation sites is 1. The Balaban J connectivity index is 1.51. The van der Waals surface area contributed by atoms with E-state index in [9.17, 15) is 9.59 Å². The number of likely N-dealkylation sites (tertiary alicyclic amines) is 1. The maximum Gasteiger partial charge on any atom is 0.231 e. The Kier molecular flexibility index (Phi) is 5.79. The second-order valence-corrected chi connectivity index (χ2v) is 7.51. The molecular formula is C23H26N2O5. The van der Waals surface area contributed by atoms with Gasteiger partial charge in [0.1, 0.15) is 5.75 Å². The van der Waals surface area contributed by atoms with Gasteiger partial charge < -0.3 is 24.4 Å². The van der Waals surface area contributed by atoms with E-state index >= 15 is 0 Å². The summed E-state index contributed by atoms with van der Waals surface area (Å²) in [5.41, 5.74) is 1.88. The standard InChI is InChI=1S/C23H26N2O5/c1-3-22(26)25-12-17(16-6-4-5-7-19(16)28-2)18(13-25)23(27)24-11-15-8-9-20-21(10-15)30-14-29-20/h4-10,17-18H,3,11-14H2,1-2H3,(H,24,27). The molecule has 1 N–H and O–H groups in total. The van der Waals surface area contributed by atoms with Crippen LogP contribution in [0.3, 0.4) is 0 Å². The molecule has 2 amide bonds. The smallest absolute Gasteiger partial charge is 0.231 e. The molecular weight excluding hydrogens is 384 g/mol. The van der Waals surface area contributed by atoms with Crippen LogP contribution in [0.25, 0.3) is 0 Å². The molecule has 0 aliphatic carbocycles. The molecule has 4 rings (SSSR count). The minimum absolute atomic E-state index is 0.0565. The van der Waals surface area contributed by atoms with Gasteiger partial charge in [-0.25, -0.2) is 0 Å². The van der Waals surface area contributed by atoms with E-state index in [4.69, 9.17) is 14.2 Å². The summed E-state index contributed by atoms with van der Waals surface area (Å²) in [5, 5.41) is 3.03.